The summed E-state index contributed by atoms with van der Waals surface area (Å²) in [4.78, 5) is 37.7. The van der Waals surface area contributed by atoms with Crippen molar-refractivity contribution >= 4 is 19.7 Å². The van der Waals surface area contributed by atoms with Gasteiger partial charge in [0, 0.05) is 12.8 Å². The summed E-state index contributed by atoms with van der Waals surface area (Å²) in [6, 6.07) is -0.845. The van der Waals surface area contributed by atoms with E-state index in [4.69, 9.17) is 13.8 Å². The van der Waals surface area contributed by atoms with Crippen molar-refractivity contribution in [2.45, 2.75) is 328 Å². The molecule has 0 aromatic heterocycles. The standard InChI is InChI=1S/C67H127N2O7P/c1-7-10-13-16-19-22-25-27-28-29-30-31-32-33-34-35-36-37-38-39-40-42-44-47-50-53-56-59-66(70)68-64(63-75-77(72,73)74-62-61-69(4,5)6)65(58-55-52-49-46-43-24-21-18-15-12-9-3)76-67(71)60-57-54-51-48-45-41-26-23-20-17-14-11-8-2/h19,22,27-28,30-31,55,58,64-65H,7-18,20-21,23-26,29,32-54,56-57,59-63H2,1-6H3,(H-,68,70,72,73)/p+1/b22-19-,28-27-,31-30-,58-55-. The molecule has 0 saturated carbocycles. The number of likely N-dealkylation sites (N-methyl/N-ethyl adjacent to an activating group) is 1. The molecule has 0 aromatic rings. The second-order valence-corrected chi connectivity index (χ2v) is 25.1. The predicted octanol–water partition coefficient (Wildman–Crippen LogP) is 20.5. The van der Waals surface area contributed by atoms with Crippen LogP contribution in [0.25, 0.3) is 0 Å². The van der Waals surface area contributed by atoms with Crippen LogP contribution in [0.3, 0.4) is 0 Å². The minimum Gasteiger partial charge on any atom is -0.456 e. The molecule has 0 radical (unpaired) electrons. The highest BCUT2D eigenvalue weighted by Gasteiger charge is 2.30. The zero-order valence-corrected chi connectivity index (χ0v) is 52.6. The van der Waals surface area contributed by atoms with Gasteiger partial charge in [-0.2, -0.15) is 0 Å². The number of quaternary nitrogens is 1. The number of unbranched alkanes of at least 4 members (excludes halogenated alkanes) is 38. The molecular formula is C67H128N2O7P+. The van der Waals surface area contributed by atoms with Gasteiger partial charge in [0.2, 0.25) is 5.91 Å². The molecule has 2 N–H and O–H groups in total. The van der Waals surface area contributed by atoms with Gasteiger partial charge < -0.3 is 19.4 Å². The van der Waals surface area contributed by atoms with Crippen LogP contribution in [-0.4, -0.2) is 74.3 Å². The number of allylic oxidation sites excluding steroid dienone is 7. The Labute approximate surface area is 478 Å². The second-order valence-electron chi connectivity index (χ2n) is 23.6. The summed E-state index contributed by atoms with van der Waals surface area (Å²) in [5, 5.41) is 3.06. The average molecular weight is 1100 g/mol. The second kappa shape index (κ2) is 57.2. The summed E-state index contributed by atoms with van der Waals surface area (Å²) in [6.07, 6.45) is 71.2. The third-order valence-electron chi connectivity index (χ3n) is 14.8. The molecular weight excluding hydrogens is 976 g/mol. The molecule has 0 bridgehead atoms. The third-order valence-corrected chi connectivity index (χ3v) is 15.8. The van der Waals surface area contributed by atoms with E-state index in [0.29, 0.717) is 23.9 Å². The number of rotatable bonds is 60. The van der Waals surface area contributed by atoms with Crippen LogP contribution in [0.15, 0.2) is 48.6 Å². The Balaban J connectivity index is 4.97. The molecule has 0 aliphatic heterocycles. The molecule has 0 aliphatic carbocycles. The highest BCUT2D eigenvalue weighted by Crippen LogP contribution is 2.43. The Kier molecular flexibility index (Phi) is 55.7. The van der Waals surface area contributed by atoms with Crippen molar-refractivity contribution in [2.24, 2.45) is 0 Å². The van der Waals surface area contributed by atoms with Gasteiger partial charge in [-0.1, -0.05) is 282 Å². The normalized spacial score (nSPS) is 13.9. The van der Waals surface area contributed by atoms with E-state index >= 15 is 0 Å². The number of phosphoric ester groups is 1. The molecule has 0 spiro atoms. The minimum absolute atomic E-state index is 0.0420. The van der Waals surface area contributed by atoms with Crippen LogP contribution in [0.2, 0.25) is 0 Å². The molecule has 3 unspecified atom stereocenters. The maximum atomic E-state index is 13.6. The molecule has 452 valence electrons. The molecule has 1 amide bonds. The lowest BCUT2D eigenvalue weighted by molar-refractivity contribution is -0.870. The van der Waals surface area contributed by atoms with Crippen molar-refractivity contribution in [2.75, 3.05) is 40.9 Å². The Bertz CT molecular complexity index is 1460. The van der Waals surface area contributed by atoms with Gasteiger partial charge in [0.15, 0.2) is 0 Å². The number of hydrogen-bond acceptors (Lipinski definition) is 6. The smallest absolute Gasteiger partial charge is 0.456 e. The quantitative estimate of drug-likeness (QED) is 0.0205. The number of hydrogen-bond donors (Lipinski definition) is 2. The first-order chi connectivity index (χ1) is 37.4. The lowest BCUT2D eigenvalue weighted by Crippen LogP contribution is -2.47. The van der Waals surface area contributed by atoms with Gasteiger partial charge in [0.25, 0.3) is 0 Å². The molecule has 0 aliphatic rings. The van der Waals surface area contributed by atoms with Crippen molar-refractivity contribution in [3.63, 3.8) is 0 Å². The van der Waals surface area contributed by atoms with Crippen molar-refractivity contribution in [1.29, 1.82) is 0 Å². The summed E-state index contributed by atoms with van der Waals surface area (Å²) in [6.45, 7) is 7.01. The fourth-order valence-electron chi connectivity index (χ4n) is 9.65. The van der Waals surface area contributed by atoms with Crippen molar-refractivity contribution in [1.82, 2.24) is 5.32 Å². The topological polar surface area (TPSA) is 111 Å². The molecule has 0 fully saturated rings. The Hall–Kier alpha value is -2.03. The first kappa shape index (κ1) is 75.0. The molecule has 9 nitrogen and oxygen atoms in total. The van der Waals surface area contributed by atoms with Gasteiger partial charge >= 0.3 is 13.8 Å². The fraction of sp³-hybridized carbons (Fsp3) is 0.851. The highest BCUT2D eigenvalue weighted by molar-refractivity contribution is 7.47. The summed E-state index contributed by atoms with van der Waals surface area (Å²) in [7, 11) is 1.51. The monoisotopic (exact) mass is 1100 g/mol. The maximum absolute atomic E-state index is 13.6. The number of phosphoric acid groups is 1. The van der Waals surface area contributed by atoms with Crippen molar-refractivity contribution in [3.8, 4) is 0 Å². The summed E-state index contributed by atoms with van der Waals surface area (Å²) < 4.78 is 30.7. The molecule has 0 saturated heterocycles. The molecule has 0 heterocycles. The van der Waals surface area contributed by atoms with E-state index in [1.54, 1.807) is 0 Å². The average Bonchev–Trinajstić information content (AvgIpc) is 3.39. The van der Waals surface area contributed by atoms with Crippen LogP contribution in [0.4, 0.5) is 0 Å². The fourth-order valence-corrected chi connectivity index (χ4v) is 10.4. The van der Waals surface area contributed by atoms with Crippen LogP contribution < -0.4 is 5.32 Å². The number of amides is 1. The van der Waals surface area contributed by atoms with Crippen LogP contribution in [0, 0.1) is 0 Å². The van der Waals surface area contributed by atoms with E-state index in [1.165, 1.54) is 212 Å². The molecule has 77 heavy (non-hydrogen) atoms. The summed E-state index contributed by atoms with van der Waals surface area (Å²) >= 11 is 0. The van der Waals surface area contributed by atoms with Gasteiger partial charge in [-0.15, -0.1) is 0 Å². The molecule has 10 heteroatoms. The van der Waals surface area contributed by atoms with Crippen LogP contribution in [-0.2, 0) is 27.9 Å². The number of esters is 1. The van der Waals surface area contributed by atoms with Crippen LogP contribution in [0.5, 0.6) is 0 Å². The Morgan fingerprint density at radius 1 is 0.455 bits per heavy atom. The number of carbonyl (C=O) groups is 2. The Morgan fingerprint density at radius 2 is 0.792 bits per heavy atom. The van der Waals surface area contributed by atoms with Gasteiger partial charge in [-0.05, 0) is 70.3 Å². The van der Waals surface area contributed by atoms with E-state index in [9.17, 15) is 19.0 Å². The SMILES string of the molecule is CCCCC/C=C\C/C=C\C/C=C\CCCCCCCCCCCCCCCCC(=O)NC(COP(=O)(O)OCC[N+](C)(C)C)C(/C=C\CCCCCCCCCCC)OC(=O)CCCCCCCCCCCCCCC. The summed E-state index contributed by atoms with van der Waals surface area (Å²) in [5.74, 6) is -0.494. The van der Waals surface area contributed by atoms with Crippen molar-refractivity contribution in [3.05, 3.63) is 48.6 Å². The lowest BCUT2D eigenvalue weighted by Gasteiger charge is -2.27. The van der Waals surface area contributed by atoms with Gasteiger partial charge in [0.1, 0.15) is 19.3 Å². The lowest BCUT2D eigenvalue weighted by atomic mass is 10.0. The minimum atomic E-state index is -4.44. The number of ether oxygens (including phenoxy) is 1. The number of nitrogens with zero attached hydrogens (tertiary/aromatic N) is 1. The number of carbonyl (C=O) groups excluding carboxylic acids is 2. The molecule has 3 atom stereocenters. The highest BCUT2D eigenvalue weighted by atomic mass is 31.2. The first-order valence-electron chi connectivity index (χ1n) is 33.0. The number of nitrogens with one attached hydrogen (secondary N) is 1. The maximum Gasteiger partial charge on any atom is 0.472 e. The summed E-state index contributed by atoms with van der Waals surface area (Å²) in [5.41, 5.74) is 0. The predicted molar refractivity (Wildman–Crippen MR) is 332 cm³/mol. The zero-order valence-electron chi connectivity index (χ0n) is 51.7. The van der Waals surface area contributed by atoms with Crippen molar-refractivity contribution < 1.29 is 37.3 Å². The van der Waals surface area contributed by atoms with E-state index in [0.717, 1.165) is 70.6 Å². The van der Waals surface area contributed by atoms with E-state index in [1.807, 2.05) is 33.3 Å². The van der Waals surface area contributed by atoms with Gasteiger partial charge in [0.05, 0.1) is 33.8 Å². The van der Waals surface area contributed by atoms with E-state index in [-0.39, 0.29) is 25.1 Å². The largest absolute Gasteiger partial charge is 0.472 e. The van der Waals surface area contributed by atoms with E-state index < -0.39 is 20.0 Å². The van der Waals surface area contributed by atoms with Crippen LogP contribution in [0.1, 0.15) is 316 Å². The molecule has 0 aromatic carbocycles. The third kappa shape index (κ3) is 58.4. The van der Waals surface area contributed by atoms with Gasteiger partial charge in [-0.3, -0.25) is 18.6 Å². The zero-order chi connectivity index (χ0) is 56.4. The van der Waals surface area contributed by atoms with Crippen LogP contribution >= 0.6 is 7.82 Å². The van der Waals surface area contributed by atoms with E-state index in [2.05, 4.69) is 62.5 Å². The Morgan fingerprint density at radius 3 is 1.21 bits per heavy atom. The van der Waals surface area contributed by atoms with Gasteiger partial charge in [-0.25, -0.2) is 4.57 Å². The molecule has 0 rings (SSSR count). The first-order valence-corrected chi connectivity index (χ1v) is 34.5.